The number of hydrogen-bond donors (Lipinski definition) is 0. The van der Waals surface area contributed by atoms with Crippen molar-refractivity contribution in [3.05, 3.63) is 105 Å². The molecule has 0 spiro atoms. The highest BCUT2D eigenvalue weighted by atomic mass is 16.2. The summed E-state index contributed by atoms with van der Waals surface area (Å²) in [6, 6.07) is 24.1. The maximum atomic E-state index is 13.2. The highest BCUT2D eigenvalue weighted by Crippen LogP contribution is 2.21. The second-order valence-corrected chi connectivity index (χ2v) is 6.16. The Bertz CT molecular complexity index is 1120. The van der Waals surface area contributed by atoms with Crippen LogP contribution in [0.15, 0.2) is 88.5 Å². The summed E-state index contributed by atoms with van der Waals surface area (Å²) >= 11 is 0. The van der Waals surface area contributed by atoms with Crippen LogP contribution in [0.1, 0.15) is 18.5 Å². The molecular weight excluding hydrogens is 310 g/mol. The van der Waals surface area contributed by atoms with E-state index in [1.165, 1.54) is 4.57 Å². The van der Waals surface area contributed by atoms with Gasteiger partial charge < -0.3 is 0 Å². The molecule has 0 N–H and O–H groups in total. The Morgan fingerprint density at radius 3 is 1.48 bits per heavy atom. The molecule has 3 aromatic carbocycles. The van der Waals surface area contributed by atoms with Crippen molar-refractivity contribution in [1.82, 2.24) is 4.57 Å². The standard InChI is InChI=1S/C22H17NO2/c1-15(16-9-3-2-4-10-16)23-21(24)19-13-7-5-11-17(19)18-12-6-8-14-20(18)22(23)25/h2-15H,1H3. The molecule has 1 heterocycles. The lowest BCUT2D eigenvalue weighted by atomic mass is 10.1. The first-order valence-electron chi connectivity index (χ1n) is 8.30. The molecule has 25 heavy (non-hydrogen) atoms. The molecule has 0 aliphatic carbocycles. The number of nitrogens with zero attached hydrogens (tertiary/aromatic N) is 1. The SMILES string of the molecule is CC(c1ccccc1)n1c(=O)c2ccccc2c2ccccc2c1=O. The Labute approximate surface area is 144 Å². The van der Waals surface area contributed by atoms with Gasteiger partial charge in [0.15, 0.2) is 0 Å². The second kappa shape index (κ2) is 6.02. The summed E-state index contributed by atoms with van der Waals surface area (Å²) < 4.78 is 1.38. The lowest BCUT2D eigenvalue weighted by Crippen LogP contribution is -2.33. The molecule has 0 aliphatic rings. The molecule has 4 rings (SSSR count). The van der Waals surface area contributed by atoms with E-state index in [0.29, 0.717) is 10.8 Å². The third-order valence-electron chi connectivity index (χ3n) is 4.71. The second-order valence-electron chi connectivity index (χ2n) is 6.16. The van der Waals surface area contributed by atoms with E-state index in [-0.39, 0.29) is 17.2 Å². The minimum Gasteiger partial charge on any atom is -0.269 e. The molecule has 0 aliphatic heterocycles. The van der Waals surface area contributed by atoms with Crippen LogP contribution in [0.2, 0.25) is 0 Å². The van der Waals surface area contributed by atoms with Crippen LogP contribution in [0.3, 0.4) is 0 Å². The number of rotatable bonds is 2. The van der Waals surface area contributed by atoms with Gasteiger partial charge >= 0.3 is 0 Å². The molecular formula is C22H17NO2. The van der Waals surface area contributed by atoms with Crippen LogP contribution in [0, 0.1) is 0 Å². The molecule has 1 unspecified atom stereocenters. The molecule has 0 saturated heterocycles. The predicted octanol–water partition coefficient (Wildman–Crippen LogP) is 4.12. The molecule has 122 valence electrons. The van der Waals surface area contributed by atoms with Gasteiger partial charge in [-0.3, -0.25) is 14.2 Å². The van der Waals surface area contributed by atoms with Crippen LogP contribution in [-0.4, -0.2) is 4.57 Å². The molecule has 3 heteroatoms. The smallest absolute Gasteiger partial charge is 0.261 e. The molecule has 1 atom stereocenters. The largest absolute Gasteiger partial charge is 0.269 e. The summed E-state index contributed by atoms with van der Waals surface area (Å²) in [5.41, 5.74) is 0.419. The summed E-state index contributed by atoms with van der Waals surface area (Å²) in [4.78, 5) is 26.5. The summed E-state index contributed by atoms with van der Waals surface area (Å²) in [5.74, 6) is 0. The molecule has 0 fully saturated rings. The van der Waals surface area contributed by atoms with Crippen LogP contribution >= 0.6 is 0 Å². The van der Waals surface area contributed by atoms with Crippen LogP contribution in [0.4, 0.5) is 0 Å². The van der Waals surface area contributed by atoms with Crippen LogP contribution in [0.25, 0.3) is 21.5 Å². The zero-order valence-electron chi connectivity index (χ0n) is 13.8. The van der Waals surface area contributed by atoms with Crippen LogP contribution in [0.5, 0.6) is 0 Å². The van der Waals surface area contributed by atoms with E-state index in [9.17, 15) is 9.59 Å². The zero-order valence-corrected chi connectivity index (χ0v) is 13.8. The van der Waals surface area contributed by atoms with Gasteiger partial charge in [0.25, 0.3) is 11.1 Å². The average molecular weight is 327 g/mol. The first-order valence-corrected chi connectivity index (χ1v) is 8.30. The number of benzene rings is 3. The van der Waals surface area contributed by atoms with E-state index in [4.69, 9.17) is 0 Å². The van der Waals surface area contributed by atoms with E-state index in [1.807, 2.05) is 73.7 Å². The summed E-state index contributed by atoms with van der Waals surface area (Å²) in [6.07, 6.45) is 0. The molecule has 0 bridgehead atoms. The third-order valence-corrected chi connectivity index (χ3v) is 4.71. The maximum absolute atomic E-state index is 13.2. The number of fused-ring (bicyclic) bond motifs is 3. The van der Waals surface area contributed by atoms with Crippen LogP contribution in [-0.2, 0) is 0 Å². The fourth-order valence-corrected chi connectivity index (χ4v) is 3.39. The fourth-order valence-electron chi connectivity index (χ4n) is 3.39. The van der Waals surface area contributed by atoms with E-state index in [0.717, 1.165) is 16.3 Å². The first-order chi connectivity index (χ1) is 12.2. The van der Waals surface area contributed by atoms with Crippen molar-refractivity contribution in [2.24, 2.45) is 0 Å². The van der Waals surface area contributed by atoms with Gasteiger partial charge in [0.05, 0.1) is 6.04 Å². The number of hydrogen-bond acceptors (Lipinski definition) is 2. The van der Waals surface area contributed by atoms with Gasteiger partial charge in [0.1, 0.15) is 0 Å². The van der Waals surface area contributed by atoms with Gasteiger partial charge in [-0.1, -0.05) is 66.7 Å². The van der Waals surface area contributed by atoms with E-state index < -0.39 is 0 Å². The quantitative estimate of drug-likeness (QED) is 0.555. The maximum Gasteiger partial charge on any atom is 0.261 e. The van der Waals surface area contributed by atoms with Gasteiger partial charge in [0.2, 0.25) is 0 Å². The van der Waals surface area contributed by atoms with E-state index in [2.05, 4.69) is 0 Å². The topological polar surface area (TPSA) is 39.1 Å². The monoisotopic (exact) mass is 327 g/mol. The van der Waals surface area contributed by atoms with Crippen molar-refractivity contribution in [3.8, 4) is 0 Å². The molecule has 0 saturated carbocycles. The average Bonchev–Trinajstić information content (AvgIpc) is 2.76. The first kappa shape index (κ1) is 15.3. The van der Waals surface area contributed by atoms with E-state index >= 15 is 0 Å². The molecule has 4 aromatic rings. The summed E-state index contributed by atoms with van der Waals surface area (Å²) in [7, 11) is 0. The molecule has 1 aromatic heterocycles. The van der Waals surface area contributed by atoms with E-state index in [1.54, 1.807) is 12.1 Å². The number of aromatic nitrogens is 1. The molecule has 0 amide bonds. The zero-order chi connectivity index (χ0) is 17.4. The summed E-state index contributed by atoms with van der Waals surface area (Å²) in [5, 5.41) is 2.73. The van der Waals surface area contributed by atoms with Gasteiger partial charge in [0, 0.05) is 10.8 Å². The lowest BCUT2D eigenvalue weighted by Gasteiger charge is -2.13. The highest BCUT2D eigenvalue weighted by molar-refractivity contribution is 6.05. The van der Waals surface area contributed by atoms with Crippen molar-refractivity contribution >= 4 is 21.5 Å². The highest BCUT2D eigenvalue weighted by Gasteiger charge is 2.16. The van der Waals surface area contributed by atoms with Crippen molar-refractivity contribution in [3.63, 3.8) is 0 Å². The van der Waals surface area contributed by atoms with Crippen molar-refractivity contribution in [2.75, 3.05) is 0 Å². The third kappa shape index (κ3) is 2.45. The lowest BCUT2D eigenvalue weighted by molar-refractivity contribution is 0.605. The Morgan fingerprint density at radius 1 is 0.600 bits per heavy atom. The minimum absolute atomic E-state index is 0.256. The molecule has 0 radical (unpaired) electrons. The fraction of sp³-hybridized carbons (Fsp3) is 0.0909. The van der Waals surface area contributed by atoms with Crippen LogP contribution < -0.4 is 11.1 Å². The van der Waals surface area contributed by atoms with Crippen molar-refractivity contribution in [2.45, 2.75) is 13.0 Å². The normalized spacial score (nSPS) is 12.4. The van der Waals surface area contributed by atoms with Gasteiger partial charge in [-0.05, 0) is 35.4 Å². The molecule has 3 nitrogen and oxygen atoms in total. The van der Waals surface area contributed by atoms with Crippen molar-refractivity contribution < 1.29 is 0 Å². The minimum atomic E-state index is -0.347. The Kier molecular flexibility index (Phi) is 3.69. The Balaban J connectivity index is 2.22. The van der Waals surface area contributed by atoms with Gasteiger partial charge in [-0.2, -0.15) is 0 Å². The summed E-state index contributed by atoms with van der Waals surface area (Å²) in [6.45, 7) is 1.89. The van der Waals surface area contributed by atoms with Crippen molar-refractivity contribution in [1.29, 1.82) is 0 Å². The predicted molar refractivity (Wildman–Crippen MR) is 102 cm³/mol. The Hall–Kier alpha value is -3.20. The van der Waals surface area contributed by atoms with Gasteiger partial charge in [-0.25, -0.2) is 0 Å². The Morgan fingerprint density at radius 2 is 1.00 bits per heavy atom. The van der Waals surface area contributed by atoms with Gasteiger partial charge in [-0.15, -0.1) is 0 Å².